The molecule has 4 heterocycles. The highest BCUT2D eigenvalue weighted by atomic mass is 16.5. The lowest BCUT2D eigenvalue weighted by Crippen LogP contribution is -2.37. The Morgan fingerprint density at radius 1 is 1.15 bits per heavy atom. The van der Waals surface area contributed by atoms with Crippen LogP contribution in [0.2, 0.25) is 0 Å². The molecule has 2 N–H and O–H groups in total. The van der Waals surface area contributed by atoms with E-state index >= 15 is 0 Å². The lowest BCUT2D eigenvalue weighted by Gasteiger charge is -2.26. The first-order chi connectivity index (χ1) is 19.8. The number of carbonyl (C=O) groups is 1. The summed E-state index contributed by atoms with van der Waals surface area (Å²) >= 11 is 0. The van der Waals surface area contributed by atoms with Crippen LogP contribution in [0.5, 0.6) is 0 Å². The SMILES string of the molecule is CC(C)(C)c1cc(NC(=O)Nc2ccc(C#Cc3cnn4c3N=C(OCCCN3CCOCC3)CC#C4)cc2)no1. The molecule has 41 heavy (non-hydrogen) atoms. The van der Waals surface area contributed by atoms with Crippen molar-refractivity contribution >= 4 is 29.3 Å². The van der Waals surface area contributed by atoms with Gasteiger partial charge in [-0.1, -0.05) is 43.7 Å². The Bertz CT molecular complexity index is 1520. The van der Waals surface area contributed by atoms with E-state index in [2.05, 4.69) is 54.6 Å². The Kier molecular flexibility index (Phi) is 8.68. The van der Waals surface area contributed by atoms with Crippen LogP contribution < -0.4 is 10.6 Å². The molecule has 1 saturated heterocycles. The number of amides is 2. The molecule has 212 valence electrons. The van der Waals surface area contributed by atoms with Crippen molar-refractivity contribution < 1.29 is 18.8 Å². The van der Waals surface area contributed by atoms with Crippen LogP contribution in [0.15, 0.2) is 46.0 Å². The molecule has 5 rings (SSSR count). The maximum Gasteiger partial charge on any atom is 0.324 e. The third-order valence-corrected chi connectivity index (χ3v) is 6.37. The zero-order valence-corrected chi connectivity index (χ0v) is 23.5. The minimum absolute atomic E-state index is 0.199. The normalized spacial score (nSPS) is 14.9. The van der Waals surface area contributed by atoms with Crippen molar-refractivity contribution in [2.24, 2.45) is 4.99 Å². The minimum Gasteiger partial charge on any atom is -0.480 e. The number of aliphatic imine (C=N–C) groups is 1. The van der Waals surface area contributed by atoms with Gasteiger partial charge in [-0.3, -0.25) is 10.2 Å². The van der Waals surface area contributed by atoms with Crippen molar-refractivity contribution in [3.63, 3.8) is 0 Å². The summed E-state index contributed by atoms with van der Waals surface area (Å²) < 4.78 is 18.2. The van der Waals surface area contributed by atoms with Crippen molar-refractivity contribution in [1.82, 2.24) is 19.8 Å². The largest absolute Gasteiger partial charge is 0.480 e. The Morgan fingerprint density at radius 2 is 1.95 bits per heavy atom. The fourth-order valence-electron chi connectivity index (χ4n) is 4.10. The molecule has 0 aliphatic carbocycles. The maximum absolute atomic E-state index is 12.4. The van der Waals surface area contributed by atoms with Gasteiger partial charge in [0.15, 0.2) is 11.6 Å². The first kappa shape index (κ1) is 28.0. The van der Waals surface area contributed by atoms with Gasteiger partial charge in [-0.25, -0.2) is 4.79 Å². The molecular weight excluding hydrogens is 522 g/mol. The van der Waals surface area contributed by atoms with Crippen molar-refractivity contribution in [2.75, 3.05) is 50.1 Å². The van der Waals surface area contributed by atoms with Gasteiger partial charge in [0.05, 0.1) is 38.0 Å². The number of nitrogens with one attached hydrogen (secondary N) is 2. The molecule has 2 aliphatic heterocycles. The number of anilines is 2. The molecule has 11 heteroatoms. The van der Waals surface area contributed by atoms with Gasteiger partial charge >= 0.3 is 6.03 Å². The fraction of sp³-hybridized carbons (Fsp3) is 0.400. The van der Waals surface area contributed by atoms with Gasteiger partial charge in [-0.15, -0.1) is 0 Å². The second kappa shape index (κ2) is 12.7. The first-order valence-corrected chi connectivity index (χ1v) is 13.6. The van der Waals surface area contributed by atoms with Crippen molar-refractivity contribution in [1.29, 1.82) is 0 Å². The van der Waals surface area contributed by atoms with E-state index in [-0.39, 0.29) is 5.41 Å². The Balaban J connectivity index is 1.16. The van der Waals surface area contributed by atoms with Gasteiger partial charge in [0, 0.05) is 48.4 Å². The summed E-state index contributed by atoms with van der Waals surface area (Å²) in [7, 11) is 0. The number of nitrogens with zero attached hydrogens (tertiary/aromatic N) is 5. The predicted octanol–water partition coefficient (Wildman–Crippen LogP) is 4.19. The molecule has 1 fully saturated rings. The van der Waals surface area contributed by atoms with Crippen LogP contribution in [0.4, 0.5) is 22.1 Å². The zero-order valence-electron chi connectivity index (χ0n) is 23.5. The lowest BCUT2D eigenvalue weighted by atomic mass is 9.93. The highest BCUT2D eigenvalue weighted by molar-refractivity contribution is 5.99. The summed E-state index contributed by atoms with van der Waals surface area (Å²) in [6.07, 6.45) is 2.98. The number of benzene rings is 1. The van der Waals surface area contributed by atoms with E-state index in [1.807, 2.05) is 32.9 Å². The molecule has 0 spiro atoms. The minimum atomic E-state index is -0.418. The molecule has 2 amide bonds. The number of rotatable bonds is 6. The average molecular weight is 556 g/mol. The molecule has 0 saturated carbocycles. The van der Waals surface area contributed by atoms with E-state index in [4.69, 9.17) is 14.0 Å². The Morgan fingerprint density at radius 3 is 2.71 bits per heavy atom. The molecule has 2 aliphatic rings. The quantitative estimate of drug-likeness (QED) is 0.346. The molecule has 2 aromatic heterocycles. The van der Waals surface area contributed by atoms with Crippen molar-refractivity contribution in [2.45, 2.75) is 39.0 Å². The van der Waals surface area contributed by atoms with Crippen molar-refractivity contribution in [3.05, 3.63) is 53.4 Å². The van der Waals surface area contributed by atoms with Crippen LogP contribution in [0, 0.1) is 23.8 Å². The number of morpholine rings is 1. The maximum atomic E-state index is 12.4. The van der Waals surface area contributed by atoms with E-state index in [1.165, 1.54) is 4.68 Å². The molecule has 0 bridgehead atoms. The molecular formula is C30H33N7O4. The van der Waals surface area contributed by atoms with Crippen LogP contribution in [0.1, 0.15) is 50.5 Å². The molecule has 0 atom stereocenters. The summed E-state index contributed by atoms with van der Waals surface area (Å²) in [6, 6.07) is 11.5. The number of aromatic nitrogens is 3. The Hall–Kier alpha value is -4.58. The number of urea groups is 1. The van der Waals surface area contributed by atoms with E-state index in [9.17, 15) is 4.79 Å². The van der Waals surface area contributed by atoms with Gasteiger partial charge in [0.25, 0.3) is 0 Å². The van der Waals surface area contributed by atoms with Crippen LogP contribution in [-0.4, -0.2) is 71.2 Å². The number of fused-ring (bicyclic) bond motifs is 1. The highest BCUT2D eigenvalue weighted by Crippen LogP contribution is 2.24. The number of ether oxygens (including phenoxy) is 2. The second-order valence-electron chi connectivity index (χ2n) is 10.7. The Labute approximate surface area is 239 Å². The van der Waals surface area contributed by atoms with Gasteiger partial charge in [0.2, 0.25) is 5.90 Å². The van der Waals surface area contributed by atoms with E-state index in [1.54, 1.807) is 24.4 Å². The van der Waals surface area contributed by atoms with Crippen LogP contribution >= 0.6 is 0 Å². The summed E-state index contributed by atoms with van der Waals surface area (Å²) in [6.45, 7) is 11.1. The van der Waals surface area contributed by atoms with Crippen LogP contribution in [0.3, 0.4) is 0 Å². The third-order valence-electron chi connectivity index (χ3n) is 6.37. The van der Waals surface area contributed by atoms with Gasteiger partial charge < -0.3 is 19.3 Å². The second-order valence-corrected chi connectivity index (χ2v) is 10.7. The van der Waals surface area contributed by atoms with Gasteiger partial charge in [-0.2, -0.15) is 14.8 Å². The number of hydrogen-bond donors (Lipinski definition) is 2. The number of carbonyl (C=O) groups excluding carboxylic acids is 1. The predicted molar refractivity (Wildman–Crippen MR) is 155 cm³/mol. The smallest absolute Gasteiger partial charge is 0.324 e. The van der Waals surface area contributed by atoms with E-state index in [0.717, 1.165) is 44.8 Å². The van der Waals surface area contributed by atoms with Crippen LogP contribution in [-0.2, 0) is 14.9 Å². The third kappa shape index (κ3) is 7.76. The summed E-state index contributed by atoms with van der Waals surface area (Å²) in [5.74, 6) is 11.5. The lowest BCUT2D eigenvalue weighted by molar-refractivity contribution is 0.0355. The standard InChI is InChI=1S/C30H33N7O4/c1-30(2,3)25-20-26(35-41-25)33-29(38)32-24-11-8-22(9-12-24)7-10-23-21-31-37-14-4-6-27(34-28(23)37)40-17-5-13-36-15-18-39-19-16-36/h8-9,11-12,20-21H,5-6,13,15-19H2,1-3H3,(H2,32,33,35,38). The number of hydrogen-bond acceptors (Lipinski definition) is 8. The molecule has 3 aromatic rings. The van der Waals surface area contributed by atoms with Gasteiger partial charge in [-0.05, 0) is 30.7 Å². The van der Waals surface area contributed by atoms with Crippen LogP contribution in [0.25, 0.3) is 0 Å². The van der Waals surface area contributed by atoms with E-state index < -0.39 is 6.03 Å². The highest BCUT2D eigenvalue weighted by Gasteiger charge is 2.20. The topological polar surface area (TPSA) is 119 Å². The molecule has 0 radical (unpaired) electrons. The molecule has 11 nitrogen and oxygen atoms in total. The zero-order chi connectivity index (χ0) is 28.7. The molecule has 1 aromatic carbocycles. The first-order valence-electron chi connectivity index (χ1n) is 13.6. The summed E-state index contributed by atoms with van der Waals surface area (Å²) in [5, 5.41) is 13.7. The monoisotopic (exact) mass is 555 g/mol. The average Bonchev–Trinajstić information content (AvgIpc) is 3.53. The summed E-state index contributed by atoms with van der Waals surface area (Å²) in [5.41, 5.74) is 1.83. The van der Waals surface area contributed by atoms with Gasteiger partial charge in [0.1, 0.15) is 5.76 Å². The fourth-order valence-corrected chi connectivity index (χ4v) is 4.10. The van der Waals surface area contributed by atoms with E-state index in [0.29, 0.717) is 47.6 Å². The van der Waals surface area contributed by atoms with Crippen molar-refractivity contribution in [3.8, 4) is 23.8 Å². The molecule has 0 unspecified atom stereocenters. The summed E-state index contributed by atoms with van der Waals surface area (Å²) in [4.78, 5) is 19.4.